The molecule has 2 aromatic carbocycles. The number of aryl methyl sites for hydroxylation is 1. The predicted molar refractivity (Wildman–Crippen MR) is 118 cm³/mol. The smallest absolute Gasteiger partial charge is 0.321 e. The van der Waals surface area contributed by atoms with Gasteiger partial charge in [0.2, 0.25) is 5.01 Å². The molecule has 160 valence electrons. The summed E-state index contributed by atoms with van der Waals surface area (Å²) in [5, 5.41) is 14.8. The second kappa shape index (κ2) is 9.22. The number of carbonyl (C=O) groups is 2. The number of nitrogens with zero attached hydrogens (tertiary/aromatic N) is 3. The molecule has 3 aromatic rings. The van der Waals surface area contributed by atoms with Gasteiger partial charge >= 0.3 is 6.03 Å². The van der Waals surface area contributed by atoms with Crippen LogP contribution in [0, 0.1) is 12.7 Å². The second-order valence-corrected chi connectivity index (χ2v) is 8.45. The van der Waals surface area contributed by atoms with E-state index in [2.05, 4.69) is 20.8 Å². The summed E-state index contributed by atoms with van der Waals surface area (Å²) in [4.78, 5) is 26.5. The Morgan fingerprint density at radius 3 is 2.45 bits per heavy atom. The maximum Gasteiger partial charge on any atom is 0.321 e. The number of nitrogens with one attached hydrogen (secondary N) is 2. The average molecular weight is 440 g/mol. The zero-order chi connectivity index (χ0) is 21.8. The highest BCUT2D eigenvalue weighted by molar-refractivity contribution is 7.13. The van der Waals surface area contributed by atoms with E-state index in [9.17, 15) is 14.0 Å². The van der Waals surface area contributed by atoms with Gasteiger partial charge in [-0.05, 0) is 44.0 Å². The molecule has 31 heavy (non-hydrogen) atoms. The van der Waals surface area contributed by atoms with Crippen LogP contribution in [0.15, 0.2) is 48.5 Å². The van der Waals surface area contributed by atoms with Crippen molar-refractivity contribution in [3.63, 3.8) is 0 Å². The molecule has 1 saturated heterocycles. The average Bonchev–Trinajstić information content (AvgIpc) is 3.27. The molecule has 0 radical (unpaired) electrons. The number of hydrogen-bond acceptors (Lipinski definition) is 5. The van der Waals surface area contributed by atoms with E-state index in [1.54, 1.807) is 17.0 Å². The number of carbonyl (C=O) groups excluding carboxylic acids is 2. The van der Waals surface area contributed by atoms with Crippen molar-refractivity contribution >= 4 is 34.6 Å². The normalized spacial score (nSPS) is 14.3. The summed E-state index contributed by atoms with van der Waals surface area (Å²) >= 11 is 1.28. The van der Waals surface area contributed by atoms with Crippen molar-refractivity contribution in [2.75, 3.05) is 23.7 Å². The number of halogens is 1. The first-order valence-corrected chi connectivity index (χ1v) is 10.8. The summed E-state index contributed by atoms with van der Waals surface area (Å²) in [5.41, 5.74) is 2.00. The Morgan fingerprint density at radius 2 is 1.74 bits per heavy atom. The van der Waals surface area contributed by atoms with E-state index < -0.39 is 5.82 Å². The van der Waals surface area contributed by atoms with Gasteiger partial charge in [-0.1, -0.05) is 41.2 Å². The highest BCUT2D eigenvalue weighted by Crippen LogP contribution is 2.30. The van der Waals surface area contributed by atoms with E-state index in [0.29, 0.717) is 36.6 Å². The molecule has 3 amide bonds. The highest BCUT2D eigenvalue weighted by atomic mass is 32.1. The molecule has 4 rings (SSSR count). The Labute approximate surface area is 183 Å². The molecule has 0 spiro atoms. The minimum atomic E-state index is -0.462. The van der Waals surface area contributed by atoms with Crippen molar-refractivity contribution in [1.82, 2.24) is 15.1 Å². The summed E-state index contributed by atoms with van der Waals surface area (Å²) < 4.78 is 13.7. The van der Waals surface area contributed by atoms with E-state index in [-0.39, 0.29) is 23.5 Å². The van der Waals surface area contributed by atoms with Gasteiger partial charge in [0.15, 0.2) is 0 Å². The standard InChI is InChI=1S/C22H22FN5O2S/c1-14-6-8-16(9-7-14)24-19(29)21-27-26-20(31-21)15-10-12-28(13-11-15)22(30)25-18-5-3-2-4-17(18)23/h2-9,15H,10-13H2,1H3,(H,24,29)(H,25,30). The Bertz CT molecular complexity index is 1080. The van der Waals surface area contributed by atoms with Crippen molar-refractivity contribution in [2.24, 2.45) is 0 Å². The minimum absolute atomic E-state index is 0.135. The lowest BCUT2D eigenvalue weighted by atomic mass is 9.98. The number of benzene rings is 2. The van der Waals surface area contributed by atoms with E-state index >= 15 is 0 Å². The SMILES string of the molecule is Cc1ccc(NC(=O)c2nnc(C3CCN(C(=O)Nc4ccccc4F)CC3)s2)cc1. The molecule has 1 aliphatic heterocycles. The molecule has 0 bridgehead atoms. The lowest BCUT2D eigenvalue weighted by Gasteiger charge is -2.31. The van der Waals surface area contributed by atoms with E-state index in [4.69, 9.17) is 0 Å². The number of hydrogen-bond donors (Lipinski definition) is 2. The third-order valence-corrected chi connectivity index (χ3v) is 6.28. The van der Waals surface area contributed by atoms with Gasteiger partial charge in [0.1, 0.15) is 10.8 Å². The summed E-state index contributed by atoms with van der Waals surface area (Å²) in [7, 11) is 0. The number of rotatable bonds is 4. The predicted octanol–water partition coefficient (Wildman–Crippen LogP) is 4.65. The quantitative estimate of drug-likeness (QED) is 0.620. The molecule has 1 fully saturated rings. The maximum absolute atomic E-state index is 13.7. The van der Waals surface area contributed by atoms with Gasteiger partial charge in [-0.15, -0.1) is 10.2 Å². The van der Waals surface area contributed by atoms with E-state index in [0.717, 1.165) is 10.6 Å². The molecular weight excluding hydrogens is 417 g/mol. The summed E-state index contributed by atoms with van der Waals surface area (Å²) in [6, 6.07) is 13.3. The van der Waals surface area contributed by atoms with Crippen LogP contribution >= 0.6 is 11.3 Å². The van der Waals surface area contributed by atoms with Crippen molar-refractivity contribution in [1.29, 1.82) is 0 Å². The molecule has 1 aromatic heterocycles. The van der Waals surface area contributed by atoms with E-state index in [1.807, 2.05) is 31.2 Å². The fraction of sp³-hybridized carbons (Fsp3) is 0.273. The third-order valence-electron chi connectivity index (χ3n) is 5.19. The first-order valence-electron chi connectivity index (χ1n) is 10.0. The summed E-state index contributed by atoms with van der Waals surface area (Å²) in [6.07, 6.45) is 1.41. The van der Waals surface area contributed by atoms with Crippen LogP contribution in [-0.4, -0.2) is 40.1 Å². The van der Waals surface area contributed by atoms with Crippen molar-refractivity contribution < 1.29 is 14.0 Å². The summed E-state index contributed by atoms with van der Waals surface area (Å²) in [5.74, 6) is -0.610. The molecule has 7 nitrogen and oxygen atoms in total. The number of para-hydroxylation sites is 1. The van der Waals surface area contributed by atoms with Gasteiger partial charge in [-0.3, -0.25) is 4.79 Å². The van der Waals surface area contributed by atoms with E-state index in [1.165, 1.54) is 23.5 Å². The lowest BCUT2D eigenvalue weighted by Crippen LogP contribution is -2.40. The molecule has 2 N–H and O–H groups in total. The number of urea groups is 1. The van der Waals surface area contributed by atoms with Crippen LogP contribution in [0.4, 0.5) is 20.6 Å². The van der Waals surface area contributed by atoms with Gasteiger partial charge in [-0.2, -0.15) is 0 Å². The van der Waals surface area contributed by atoms with Crippen LogP contribution in [0.5, 0.6) is 0 Å². The van der Waals surface area contributed by atoms with Crippen LogP contribution in [0.25, 0.3) is 0 Å². The fourth-order valence-electron chi connectivity index (χ4n) is 3.40. The number of amides is 3. The first-order chi connectivity index (χ1) is 15.0. The monoisotopic (exact) mass is 439 g/mol. The Morgan fingerprint density at radius 1 is 1.03 bits per heavy atom. The highest BCUT2D eigenvalue weighted by Gasteiger charge is 2.27. The molecule has 0 unspecified atom stereocenters. The molecule has 0 saturated carbocycles. The zero-order valence-corrected chi connectivity index (χ0v) is 17.8. The van der Waals surface area contributed by atoms with Gasteiger partial charge in [0.25, 0.3) is 5.91 Å². The topological polar surface area (TPSA) is 87.2 Å². The van der Waals surface area contributed by atoms with Crippen LogP contribution < -0.4 is 10.6 Å². The largest absolute Gasteiger partial charge is 0.324 e. The molecule has 1 aliphatic rings. The van der Waals surface area contributed by atoms with Crippen LogP contribution in [0.2, 0.25) is 0 Å². The Kier molecular flexibility index (Phi) is 6.22. The second-order valence-electron chi connectivity index (χ2n) is 7.44. The van der Waals surface area contributed by atoms with Crippen molar-refractivity contribution in [2.45, 2.75) is 25.7 Å². The Hall–Kier alpha value is -3.33. The van der Waals surface area contributed by atoms with Gasteiger partial charge in [-0.25, -0.2) is 9.18 Å². The first kappa shape index (κ1) is 20.9. The van der Waals surface area contributed by atoms with Crippen LogP contribution in [0.1, 0.15) is 39.1 Å². The van der Waals surface area contributed by atoms with Gasteiger partial charge in [0, 0.05) is 24.7 Å². The molecule has 0 aliphatic carbocycles. The summed E-state index contributed by atoms with van der Waals surface area (Å²) in [6.45, 7) is 3.03. The van der Waals surface area contributed by atoms with Gasteiger partial charge < -0.3 is 15.5 Å². The van der Waals surface area contributed by atoms with Crippen molar-refractivity contribution in [3.05, 3.63) is 69.9 Å². The third kappa shape index (κ3) is 5.05. The number of piperidine rings is 1. The molecule has 2 heterocycles. The minimum Gasteiger partial charge on any atom is -0.324 e. The van der Waals surface area contributed by atoms with Crippen LogP contribution in [0.3, 0.4) is 0 Å². The van der Waals surface area contributed by atoms with Crippen LogP contribution in [-0.2, 0) is 0 Å². The zero-order valence-electron chi connectivity index (χ0n) is 17.0. The number of aromatic nitrogens is 2. The number of likely N-dealkylation sites (tertiary alicyclic amines) is 1. The Balaban J connectivity index is 1.31. The van der Waals surface area contributed by atoms with Crippen molar-refractivity contribution in [3.8, 4) is 0 Å². The lowest BCUT2D eigenvalue weighted by molar-refractivity contribution is 0.102. The molecular formula is C22H22FN5O2S. The number of anilines is 2. The van der Waals surface area contributed by atoms with Gasteiger partial charge in [0.05, 0.1) is 5.69 Å². The molecule has 0 atom stereocenters. The molecule has 9 heteroatoms. The fourth-order valence-corrected chi connectivity index (χ4v) is 4.31. The maximum atomic E-state index is 13.7.